The van der Waals surface area contributed by atoms with Crippen molar-refractivity contribution in [2.45, 2.75) is 19.9 Å². The van der Waals surface area contributed by atoms with E-state index in [1.807, 2.05) is 25.1 Å². The lowest BCUT2D eigenvalue weighted by Gasteiger charge is -2.14. The third-order valence-electron chi connectivity index (χ3n) is 3.79. The maximum atomic E-state index is 12.9. The minimum Gasteiger partial charge on any atom is -0.383 e. The summed E-state index contributed by atoms with van der Waals surface area (Å²) in [5.41, 5.74) is 8.13. The van der Waals surface area contributed by atoms with Gasteiger partial charge in [-0.3, -0.25) is 4.79 Å². The molecule has 126 valence electrons. The van der Waals surface area contributed by atoms with Gasteiger partial charge in [0.1, 0.15) is 23.5 Å². The van der Waals surface area contributed by atoms with E-state index < -0.39 is 0 Å². The smallest absolute Gasteiger partial charge is 0.255 e. The Balaban J connectivity index is 2.01. The van der Waals surface area contributed by atoms with E-state index in [-0.39, 0.29) is 17.8 Å². The minimum absolute atomic E-state index is 0.228. The first-order valence-electron chi connectivity index (χ1n) is 7.62. The first kappa shape index (κ1) is 16.8. The molecule has 0 fully saturated rings. The fourth-order valence-corrected chi connectivity index (χ4v) is 2.82. The minimum atomic E-state index is -0.307. The van der Waals surface area contributed by atoms with Crippen molar-refractivity contribution in [2.24, 2.45) is 0 Å². The van der Waals surface area contributed by atoms with Crippen molar-refractivity contribution in [3.05, 3.63) is 52.4 Å². The molecular formula is C18H16ClN5O. The fourth-order valence-electron chi connectivity index (χ4n) is 2.62. The molecule has 7 heteroatoms. The number of halogens is 1. The second kappa shape index (κ2) is 6.83. The van der Waals surface area contributed by atoms with Crippen LogP contribution in [0.1, 0.15) is 41.5 Å². The Morgan fingerprint density at radius 1 is 1.40 bits per heavy atom. The van der Waals surface area contributed by atoms with Crippen molar-refractivity contribution in [1.29, 1.82) is 0 Å². The van der Waals surface area contributed by atoms with E-state index in [0.29, 0.717) is 27.3 Å². The Morgan fingerprint density at radius 3 is 2.92 bits per heavy atom. The number of amides is 1. The average molecular weight is 354 g/mol. The highest BCUT2D eigenvalue weighted by molar-refractivity contribution is 6.30. The molecular weight excluding hydrogens is 338 g/mol. The lowest BCUT2D eigenvalue weighted by molar-refractivity contribution is 0.0941. The van der Waals surface area contributed by atoms with Crippen molar-refractivity contribution in [1.82, 2.24) is 20.3 Å². The van der Waals surface area contributed by atoms with Crippen LogP contribution in [0.2, 0.25) is 5.02 Å². The first-order valence-corrected chi connectivity index (χ1v) is 8.00. The number of aromatic amines is 1. The van der Waals surface area contributed by atoms with Crippen molar-refractivity contribution in [2.75, 3.05) is 5.73 Å². The Morgan fingerprint density at radius 2 is 2.20 bits per heavy atom. The molecule has 1 aromatic carbocycles. The Labute approximate surface area is 149 Å². The van der Waals surface area contributed by atoms with Crippen LogP contribution < -0.4 is 11.1 Å². The van der Waals surface area contributed by atoms with Crippen LogP contribution in [0.3, 0.4) is 0 Å². The number of hydrogen-bond donors (Lipinski definition) is 3. The lowest BCUT2D eigenvalue weighted by Crippen LogP contribution is -2.27. The van der Waals surface area contributed by atoms with Gasteiger partial charge in [0.15, 0.2) is 0 Å². The molecule has 0 saturated heterocycles. The first-order chi connectivity index (χ1) is 12.0. The summed E-state index contributed by atoms with van der Waals surface area (Å²) in [6, 6.07) is 7.09. The molecule has 0 radical (unpaired) electrons. The van der Waals surface area contributed by atoms with E-state index in [1.54, 1.807) is 13.0 Å². The SMILES string of the molecule is CC#Cc1[nH]c2ncnc(N)c2c1C(=O)N[C@H](C)c1cccc(Cl)c1. The fraction of sp³-hybridized carbons (Fsp3) is 0.167. The van der Waals surface area contributed by atoms with Crippen molar-refractivity contribution < 1.29 is 4.79 Å². The molecule has 4 N–H and O–H groups in total. The summed E-state index contributed by atoms with van der Waals surface area (Å²) in [4.78, 5) is 24.0. The molecule has 3 rings (SSSR count). The summed E-state index contributed by atoms with van der Waals surface area (Å²) in [6.07, 6.45) is 1.34. The second-order valence-corrected chi connectivity index (χ2v) is 5.92. The summed E-state index contributed by atoms with van der Waals surface area (Å²) in [5, 5.41) is 4.03. The van der Waals surface area contributed by atoms with E-state index in [2.05, 4.69) is 32.1 Å². The molecule has 0 aliphatic carbocycles. The third kappa shape index (κ3) is 3.28. The van der Waals surface area contributed by atoms with Gasteiger partial charge in [0.25, 0.3) is 5.91 Å². The van der Waals surface area contributed by atoms with Gasteiger partial charge < -0.3 is 16.0 Å². The summed E-state index contributed by atoms with van der Waals surface area (Å²) in [5.74, 6) is 5.59. The molecule has 2 heterocycles. The van der Waals surface area contributed by atoms with Crippen molar-refractivity contribution >= 4 is 34.4 Å². The van der Waals surface area contributed by atoms with Crippen LogP contribution in [0.5, 0.6) is 0 Å². The number of carbonyl (C=O) groups excluding carboxylic acids is 1. The van der Waals surface area contributed by atoms with Crippen LogP contribution in [-0.2, 0) is 0 Å². The summed E-state index contributed by atoms with van der Waals surface area (Å²) >= 11 is 6.02. The Hall–Kier alpha value is -3.04. The average Bonchev–Trinajstić information content (AvgIpc) is 2.94. The number of nitrogen functional groups attached to an aromatic ring is 1. The molecule has 0 unspecified atom stereocenters. The number of H-pyrrole nitrogens is 1. The van der Waals surface area contributed by atoms with Crippen LogP contribution in [0.4, 0.5) is 5.82 Å². The van der Waals surface area contributed by atoms with Gasteiger partial charge in [0, 0.05) is 5.02 Å². The predicted molar refractivity (Wildman–Crippen MR) is 98.2 cm³/mol. The Bertz CT molecular complexity index is 1020. The lowest BCUT2D eigenvalue weighted by atomic mass is 10.1. The number of nitrogens with zero attached hydrogens (tertiary/aromatic N) is 2. The maximum absolute atomic E-state index is 12.9. The number of aromatic nitrogens is 3. The normalized spacial score (nSPS) is 11.6. The molecule has 6 nitrogen and oxygen atoms in total. The predicted octanol–water partition coefficient (Wildman–Crippen LogP) is 3.06. The monoisotopic (exact) mass is 353 g/mol. The molecule has 0 aliphatic heterocycles. The largest absolute Gasteiger partial charge is 0.383 e. The molecule has 0 aliphatic rings. The molecule has 25 heavy (non-hydrogen) atoms. The standard InChI is InChI=1S/C18H16ClN5O/c1-3-5-13-14(15-16(20)21-9-22-17(15)24-13)18(25)23-10(2)11-6-4-7-12(19)8-11/h4,6-10H,1-2H3,(H,23,25)(H3,20,21,22,24)/t10-/m1/s1. The molecule has 3 aromatic rings. The highest BCUT2D eigenvalue weighted by atomic mass is 35.5. The topological polar surface area (TPSA) is 96.7 Å². The maximum Gasteiger partial charge on any atom is 0.255 e. The molecule has 0 bridgehead atoms. The van der Waals surface area contributed by atoms with Crippen LogP contribution in [0.25, 0.3) is 11.0 Å². The van der Waals surface area contributed by atoms with Crippen LogP contribution in [0.15, 0.2) is 30.6 Å². The summed E-state index contributed by atoms with van der Waals surface area (Å²) in [7, 11) is 0. The number of anilines is 1. The van der Waals surface area contributed by atoms with E-state index in [4.69, 9.17) is 17.3 Å². The van der Waals surface area contributed by atoms with E-state index in [9.17, 15) is 4.79 Å². The number of nitrogens with one attached hydrogen (secondary N) is 2. The third-order valence-corrected chi connectivity index (χ3v) is 4.03. The van der Waals surface area contributed by atoms with Crippen LogP contribution in [0, 0.1) is 11.8 Å². The van der Waals surface area contributed by atoms with Gasteiger partial charge in [0.2, 0.25) is 0 Å². The number of hydrogen-bond acceptors (Lipinski definition) is 4. The van der Waals surface area contributed by atoms with Gasteiger partial charge in [-0.2, -0.15) is 0 Å². The zero-order valence-electron chi connectivity index (χ0n) is 13.7. The van der Waals surface area contributed by atoms with Gasteiger partial charge in [-0.15, -0.1) is 0 Å². The highest BCUT2D eigenvalue weighted by Gasteiger charge is 2.22. The molecule has 0 saturated carbocycles. The van der Waals surface area contributed by atoms with Crippen LogP contribution in [-0.4, -0.2) is 20.9 Å². The summed E-state index contributed by atoms with van der Waals surface area (Å²) in [6.45, 7) is 3.57. The quantitative estimate of drug-likeness (QED) is 0.630. The molecule has 2 aromatic heterocycles. The molecule has 1 atom stereocenters. The van der Waals surface area contributed by atoms with Gasteiger partial charge in [-0.25, -0.2) is 9.97 Å². The van der Waals surface area contributed by atoms with E-state index in [1.165, 1.54) is 6.33 Å². The zero-order valence-corrected chi connectivity index (χ0v) is 14.5. The van der Waals surface area contributed by atoms with Gasteiger partial charge in [0.05, 0.1) is 17.0 Å². The van der Waals surface area contributed by atoms with Gasteiger partial charge >= 0.3 is 0 Å². The molecule has 1 amide bonds. The number of rotatable bonds is 3. The van der Waals surface area contributed by atoms with E-state index in [0.717, 1.165) is 5.56 Å². The zero-order chi connectivity index (χ0) is 18.0. The van der Waals surface area contributed by atoms with E-state index >= 15 is 0 Å². The van der Waals surface area contributed by atoms with Gasteiger partial charge in [-0.05, 0) is 37.5 Å². The number of carbonyl (C=O) groups is 1. The molecule has 0 spiro atoms. The van der Waals surface area contributed by atoms with Gasteiger partial charge in [-0.1, -0.05) is 29.7 Å². The number of benzene rings is 1. The summed E-state index contributed by atoms with van der Waals surface area (Å²) < 4.78 is 0. The van der Waals surface area contributed by atoms with Crippen molar-refractivity contribution in [3.63, 3.8) is 0 Å². The highest BCUT2D eigenvalue weighted by Crippen LogP contribution is 2.26. The van der Waals surface area contributed by atoms with Crippen molar-refractivity contribution in [3.8, 4) is 11.8 Å². The van der Waals surface area contributed by atoms with Crippen LogP contribution >= 0.6 is 11.6 Å². The second-order valence-electron chi connectivity index (χ2n) is 5.48. The number of nitrogens with two attached hydrogens (primary N) is 1. The Kier molecular flexibility index (Phi) is 4.59. The number of fused-ring (bicyclic) bond motifs is 1.